The van der Waals surface area contributed by atoms with E-state index in [0.717, 1.165) is 22.1 Å². The predicted octanol–water partition coefficient (Wildman–Crippen LogP) is 2.80. The fraction of sp³-hybridized carbons (Fsp3) is 0.111. The average Bonchev–Trinajstić information content (AvgIpc) is 3.22. The van der Waals surface area contributed by atoms with E-state index in [0.29, 0.717) is 11.9 Å². The molecule has 4 rings (SSSR count). The van der Waals surface area contributed by atoms with Crippen LogP contribution in [-0.4, -0.2) is 31.8 Å². The van der Waals surface area contributed by atoms with Gasteiger partial charge in [-0.05, 0) is 24.3 Å². The summed E-state index contributed by atoms with van der Waals surface area (Å²) in [7, 11) is 0. The molecule has 8 nitrogen and oxygen atoms in total. The molecule has 0 spiro atoms. The van der Waals surface area contributed by atoms with Crippen molar-refractivity contribution in [3.8, 4) is 0 Å². The van der Waals surface area contributed by atoms with Crippen LogP contribution in [0, 0.1) is 0 Å². The van der Waals surface area contributed by atoms with Gasteiger partial charge in [0.15, 0.2) is 0 Å². The van der Waals surface area contributed by atoms with Gasteiger partial charge in [0, 0.05) is 12.8 Å². The maximum atomic E-state index is 12.0. The van der Waals surface area contributed by atoms with Crippen molar-refractivity contribution in [2.45, 2.75) is 12.8 Å². The number of carbonyl (C=O) groups is 2. The Balaban J connectivity index is 1.31. The molecule has 4 aromatic rings. The van der Waals surface area contributed by atoms with Crippen molar-refractivity contribution in [3.05, 3.63) is 48.5 Å². The lowest BCUT2D eigenvalue weighted by Crippen LogP contribution is -2.18. The first-order valence-electron chi connectivity index (χ1n) is 8.16. The molecule has 2 amide bonds. The summed E-state index contributed by atoms with van der Waals surface area (Å²) in [4.78, 5) is 38.6. The molecule has 0 saturated heterocycles. The fourth-order valence-electron chi connectivity index (χ4n) is 2.64. The number of amides is 2. The number of imidazole rings is 2. The van der Waals surface area contributed by atoms with E-state index in [1.165, 1.54) is 0 Å². The lowest BCUT2D eigenvalue weighted by Gasteiger charge is -2.02. The topological polar surface area (TPSA) is 116 Å². The molecule has 2 aromatic carbocycles. The molecule has 0 atom stereocenters. The van der Waals surface area contributed by atoms with Gasteiger partial charge in [0.2, 0.25) is 23.7 Å². The van der Waals surface area contributed by atoms with Gasteiger partial charge in [-0.3, -0.25) is 20.2 Å². The van der Waals surface area contributed by atoms with E-state index in [9.17, 15) is 9.59 Å². The van der Waals surface area contributed by atoms with Crippen LogP contribution in [0.2, 0.25) is 0 Å². The number of para-hydroxylation sites is 4. The van der Waals surface area contributed by atoms with Gasteiger partial charge in [0.1, 0.15) is 0 Å². The summed E-state index contributed by atoms with van der Waals surface area (Å²) in [6, 6.07) is 15.0. The summed E-state index contributed by atoms with van der Waals surface area (Å²) in [5.74, 6) is 0.162. The second kappa shape index (κ2) is 6.67. The van der Waals surface area contributed by atoms with Gasteiger partial charge in [-0.15, -0.1) is 0 Å². The van der Waals surface area contributed by atoms with Gasteiger partial charge in [-0.1, -0.05) is 24.3 Å². The molecular weight excluding hydrogens is 332 g/mol. The van der Waals surface area contributed by atoms with E-state index in [2.05, 4.69) is 30.6 Å². The van der Waals surface area contributed by atoms with Crippen LogP contribution in [0.5, 0.6) is 0 Å². The molecule has 0 radical (unpaired) electrons. The minimum absolute atomic E-state index is 0.0447. The van der Waals surface area contributed by atoms with Crippen molar-refractivity contribution in [1.29, 1.82) is 0 Å². The minimum Gasteiger partial charge on any atom is -0.324 e. The van der Waals surface area contributed by atoms with Crippen LogP contribution >= 0.6 is 0 Å². The number of H-pyrrole nitrogens is 2. The second-order valence-electron chi connectivity index (χ2n) is 5.80. The smallest absolute Gasteiger partial charge is 0.227 e. The molecule has 0 fully saturated rings. The van der Waals surface area contributed by atoms with E-state index >= 15 is 0 Å². The van der Waals surface area contributed by atoms with Crippen molar-refractivity contribution in [3.63, 3.8) is 0 Å². The highest BCUT2D eigenvalue weighted by atomic mass is 16.2. The summed E-state index contributed by atoms with van der Waals surface area (Å²) >= 11 is 0. The van der Waals surface area contributed by atoms with Crippen LogP contribution in [0.15, 0.2) is 48.5 Å². The van der Waals surface area contributed by atoms with Crippen molar-refractivity contribution in [2.24, 2.45) is 0 Å². The molecule has 0 aliphatic carbocycles. The number of nitrogens with one attached hydrogen (secondary N) is 4. The standard InChI is InChI=1S/C18H16N6O2/c25-15(23-17-19-11-5-1-2-6-12(11)20-17)9-10-16(26)24-18-21-13-7-3-4-8-14(13)22-18/h1-8H,9-10H2,(H2,19,20,23,25)(H2,21,22,24,26). The van der Waals surface area contributed by atoms with Crippen molar-refractivity contribution in [1.82, 2.24) is 19.9 Å². The number of aromatic nitrogens is 4. The van der Waals surface area contributed by atoms with Crippen molar-refractivity contribution >= 4 is 45.8 Å². The molecule has 0 bridgehead atoms. The number of nitrogens with zero attached hydrogens (tertiary/aromatic N) is 2. The Morgan fingerprint density at radius 1 is 0.731 bits per heavy atom. The zero-order chi connectivity index (χ0) is 17.9. The van der Waals surface area contributed by atoms with E-state index in [1.54, 1.807) is 0 Å². The van der Waals surface area contributed by atoms with Gasteiger partial charge in [0.05, 0.1) is 22.1 Å². The molecule has 26 heavy (non-hydrogen) atoms. The first-order valence-corrected chi connectivity index (χ1v) is 8.16. The van der Waals surface area contributed by atoms with Crippen LogP contribution in [0.1, 0.15) is 12.8 Å². The third-order valence-electron chi connectivity index (χ3n) is 3.87. The van der Waals surface area contributed by atoms with Gasteiger partial charge >= 0.3 is 0 Å². The largest absolute Gasteiger partial charge is 0.324 e. The highest BCUT2D eigenvalue weighted by Crippen LogP contribution is 2.15. The Labute approximate surface area is 148 Å². The van der Waals surface area contributed by atoms with Crippen LogP contribution < -0.4 is 10.6 Å². The SMILES string of the molecule is O=C(CCC(=O)Nc1nc2ccccc2[nH]1)Nc1nc2ccccc2[nH]1. The molecule has 0 unspecified atom stereocenters. The van der Waals surface area contributed by atoms with Crippen LogP contribution in [0.25, 0.3) is 22.1 Å². The predicted molar refractivity (Wildman–Crippen MR) is 98.7 cm³/mol. The maximum Gasteiger partial charge on any atom is 0.227 e. The monoisotopic (exact) mass is 348 g/mol. The number of benzene rings is 2. The zero-order valence-electron chi connectivity index (χ0n) is 13.7. The average molecular weight is 348 g/mol. The van der Waals surface area contributed by atoms with E-state index < -0.39 is 0 Å². The molecule has 8 heteroatoms. The van der Waals surface area contributed by atoms with Crippen LogP contribution in [0.4, 0.5) is 11.9 Å². The zero-order valence-corrected chi connectivity index (χ0v) is 13.7. The molecule has 0 aliphatic heterocycles. The fourth-order valence-corrected chi connectivity index (χ4v) is 2.64. The number of fused-ring (bicyclic) bond motifs is 2. The second-order valence-corrected chi connectivity index (χ2v) is 5.80. The maximum absolute atomic E-state index is 12.0. The molecule has 130 valence electrons. The van der Waals surface area contributed by atoms with E-state index in [4.69, 9.17) is 0 Å². The molecule has 2 heterocycles. The summed E-state index contributed by atoms with van der Waals surface area (Å²) in [5.41, 5.74) is 3.21. The first kappa shape index (κ1) is 15.8. The number of hydrogen-bond donors (Lipinski definition) is 4. The number of carbonyl (C=O) groups excluding carboxylic acids is 2. The number of anilines is 2. The molecule has 2 aromatic heterocycles. The third kappa shape index (κ3) is 3.39. The molecule has 0 aliphatic rings. The lowest BCUT2D eigenvalue weighted by atomic mass is 10.3. The summed E-state index contributed by atoms with van der Waals surface area (Å²) in [6.07, 6.45) is 0.0895. The molecule has 0 saturated carbocycles. The summed E-state index contributed by atoms with van der Waals surface area (Å²) in [6.45, 7) is 0. The van der Waals surface area contributed by atoms with Gasteiger partial charge in [0.25, 0.3) is 0 Å². The van der Waals surface area contributed by atoms with Crippen LogP contribution in [-0.2, 0) is 9.59 Å². The Kier molecular flexibility index (Phi) is 4.06. The van der Waals surface area contributed by atoms with E-state index in [-0.39, 0.29) is 24.7 Å². The molecule has 4 N–H and O–H groups in total. The normalized spacial score (nSPS) is 10.9. The Morgan fingerprint density at radius 2 is 1.15 bits per heavy atom. The number of rotatable bonds is 5. The third-order valence-corrected chi connectivity index (χ3v) is 3.87. The summed E-state index contributed by atoms with van der Waals surface area (Å²) < 4.78 is 0. The Hall–Kier alpha value is -3.68. The van der Waals surface area contributed by atoms with Crippen molar-refractivity contribution in [2.75, 3.05) is 10.6 Å². The Bertz CT molecular complexity index is 943. The van der Waals surface area contributed by atoms with Crippen molar-refractivity contribution < 1.29 is 9.59 Å². The quantitative estimate of drug-likeness (QED) is 0.444. The van der Waals surface area contributed by atoms with E-state index in [1.807, 2.05) is 48.5 Å². The minimum atomic E-state index is -0.288. The summed E-state index contributed by atoms with van der Waals surface area (Å²) in [5, 5.41) is 5.33. The molecular formula is C18H16N6O2. The van der Waals surface area contributed by atoms with Crippen LogP contribution in [0.3, 0.4) is 0 Å². The lowest BCUT2D eigenvalue weighted by molar-refractivity contribution is -0.121. The highest BCUT2D eigenvalue weighted by molar-refractivity contribution is 5.96. The number of hydrogen-bond acceptors (Lipinski definition) is 4. The number of aromatic amines is 2. The first-order chi connectivity index (χ1) is 12.7. The Morgan fingerprint density at radius 3 is 1.58 bits per heavy atom. The van der Waals surface area contributed by atoms with Gasteiger partial charge < -0.3 is 9.97 Å². The highest BCUT2D eigenvalue weighted by Gasteiger charge is 2.11. The van der Waals surface area contributed by atoms with Gasteiger partial charge in [-0.2, -0.15) is 0 Å². The van der Waals surface area contributed by atoms with Gasteiger partial charge in [-0.25, -0.2) is 9.97 Å².